The molecule has 3 rings (SSSR count). The van der Waals surface area contributed by atoms with E-state index in [-0.39, 0.29) is 17.3 Å². The van der Waals surface area contributed by atoms with Crippen LogP contribution >= 0.6 is 15.9 Å². The van der Waals surface area contributed by atoms with Gasteiger partial charge in [-0.05, 0) is 12.1 Å². The molecule has 0 radical (unpaired) electrons. The van der Waals surface area contributed by atoms with Crippen molar-refractivity contribution in [3.63, 3.8) is 0 Å². The summed E-state index contributed by atoms with van der Waals surface area (Å²) in [5.74, 6) is 0.586. The van der Waals surface area contributed by atoms with E-state index >= 15 is 0 Å². The van der Waals surface area contributed by atoms with Crippen molar-refractivity contribution >= 4 is 27.0 Å². The fourth-order valence-electron chi connectivity index (χ4n) is 1.96. The molecule has 0 amide bonds. The van der Waals surface area contributed by atoms with Crippen molar-refractivity contribution in [2.75, 3.05) is 13.7 Å². The number of fused-ring (bicyclic) bond motifs is 1. The van der Waals surface area contributed by atoms with E-state index in [1.165, 1.54) is 0 Å². The second-order valence-electron chi connectivity index (χ2n) is 4.06. The fraction of sp³-hybridized carbons (Fsp3) is 0.417. The number of methoxy groups -OCH3 is 1. The molecule has 2 heterocycles. The van der Waals surface area contributed by atoms with E-state index in [1.54, 1.807) is 7.11 Å². The molecular weight excluding hydrogens is 300 g/mol. The number of benzene rings is 1. The maximum atomic E-state index is 5.78. The van der Waals surface area contributed by atoms with Crippen LogP contribution < -0.4 is 5.32 Å². The largest absolute Gasteiger partial charge is 0.438 e. The second-order valence-corrected chi connectivity index (χ2v) is 4.96. The van der Waals surface area contributed by atoms with Crippen LogP contribution in [0.2, 0.25) is 0 Å². The number of morpholine rings is 1. The van der Waals surface area contributed by atoms with E-state index in [1.807, 2.05) is 24.3 Å². The summed E-state index contributed by atoms with van der Waals surface area (Å²) in [5, 5.41) is 2.99. The molecule has 5 nitrogen and oxygen atoms in total. The molecule has 6 heteroatoms. The molecule has 3 atom stereocenters. The van der Waals surface area contributed by atoms with Gasteiger partial charge in [-0.15, -0.1) is 0 Å². The summed E-state index contributed by atoms with van der Waals surface area (Å²) in [6.07, 6.45) is -0.376. The molecule has 1 N–H and O–H groups in total. The monoisotopic (exact) mass is 312 g/mol. The van der Waals surface area contributed by atoms with E-state index in [2.05, 4.69) is 26.2 Å². The van der Waals surface area contributed by atoms with Crippen LogP contribution in [0.15, 0.2) is 28.7 Å². The predicted molar refractivity (Wildman–Crippen MR) is 69.3 cm³/mol. The lowest BCUT2D eigenvalue weighted by molar-refractivity contribution is -0.101. The van der Waals surface area contributed by atoms with Crippen LogP contribution in [0, 0.1) is 0 Å². The molecule has 1 aliphatic rings. The van der Waals surface area contributed by atoms with Gasteiger partial charge < -0.3 is 13.9 Å². The summed E-state index contributed by atoms with van der Waals surface area (Å²) in [4.78, 5) is 4.43. The highest BCUT2D eigenvalue weighted by atomic mass is 79.9. The van der Waals surface area contributed by atoms with Crippen molar-refractivity contribution in [1.29, 1.82) is 0 Å². The Kier molecular flexibility index (Phi) is 3.34. The minimum absolute atomic E-state index is 0.161. The number of oxazole rings is 1. The van der Waals surface area contributed by atoms with Gasteiger partial charge >= 0.3 is 0 Å². The molecule has 0 aliphatic carbocycles. The second kappa shape index (κ2) is 4.97. The van der Waals surface area contributed by atoms with Gasteiger partial charge in [0.15, 0.2) is 10.6 Å². The maximum absolute atomic E-state index is 5.78. The van der Waals surface area contributed by atoms with Gasteiger partial charge in [0.25, 0.3) is 0 Å². The number of alkyl halides is 1. The molecule has 96 valence electrons. The van der Waals surface area contributed by atoms with E-state index < -0.39 is 0 Å². The first-order valence-corrected chi connectivity index (χ1v) is 6.60. The Hall–Kier alpha value is -0.950. The average molecular weight is 313 g/mol. The van der Waals surface area contributed by atoms with Crippen LogP contribution in [-0.4, -0.2) is 29.9 Å². The average Bonchev–Trinajstić information content (AvgIpc) is 2.82. The van der Waals surface area contributed by atoms with Gasteiger partial charge in [-0.2, -0.15) is 0 Å². The number of halogens is 1. The van der Waals surface area contributed by atoms with Crippen molar-refractivity contribution in [3.05, 3.63) is 30.2 Å². The number of nitrogens with one attached hydrogen (secondary N) is 1. The molecule has 1 aromatic carbocycles. The molecule has 1 aliphatic heterocycles. The van der Waals surface area contributed by atoms with Crippen molar-refractivity contribution in [3.8, 4) is 0 Å². The molecular formula is C12H13BrN2O3. The lowest BCUT2D eigenvalue weighted by atomic mass is 10.3. The molecule has 1 aromatic heterocycles. The number of ether oxygens (including phenoxy) is 2. The van der Waals surface area contributed by atoms with Crippen LogP contribution in [0.5, 0.6) is 0 Å². The number of hydrogen-bond donors (Lipinski definition) is 1. The number of nitrogens with zero attached hydrogens (tertiary/aromatic N) is 1. The highest BCUT2D eigenvalue weighted by molar-refractivity contribution is 9.09. The standard InChI is InChI=1S/C12H13BrN2O3/c1-16-12-10(13)17-9(6-14-12)11-15-7-4-2-3-5-8(7)18-11/h2-5,9-10,12,14H,6H2,1H3. The number of aromatic nitrogens is 1. The Balaban J connectivity index is 1.83. The lowest BCUT2D eigenvalue weighted by Crippen LogP contribution is -2.47. The maximum Gasteiger partial charge on any atom is 0.226 e. The molecule has 1 saturated heterocycles. The van der Waals surface area contributed by atoms with E-state index in [9.17, 15) is 0 Å². The highest BCUT2D eigenvalue weighted by Crippen LogP contribution is 2.28. The van der Waals surface area contributed by atoms with Gasteiger partial charge in [-0.3, -0.25) is 5.32 Å². The summed E-state index contributed by atoms with van der Waals surface area (Å²) >= 11 is 3.42. The van der Waals surface area contributed by atoms with Crippen LogP contribution in [0.25, 0.3) is 11.1 Å². The first-order valence-electron chi connectivity index (χ1n) is 5.69. The minimum atomic E-state index is -0.226. The van der Waals surface area contributed by atoms with Gasteiger partial charge in [-0.1, -0.05) is 28.1 Å². The molecule has 0 saturated carbocycles. The Morgan fingerprint density at radius 3 is 3.00 bits per heavy atom. The third-order valence-electron chi connectivity index (χ3n) is 2.88. The molecule has 3 unspecified atom stereocenters. The van der Waals surface area contributed by atoms with Gasteiger partial charge in [0, 0.05) is 13.7 Å². The Bertz CT molecular complexity index is 512. The minimum Gasteiger partial charge on any atom is -0.438 e. The smallest absolute Gasteiger partial charge is 0.226 e. The summed E-state index contributed by atoms with van der Waals surface area (Å²) in [5.41, 5.74) is 1.62. The van der Waals surface area contributed by atoms with E-state index in [4.69, 9.17) is 13.9 Å². The summed E-state index contributed by atoms with van der Waals surface area (Å²) in [7, 11) is 1.63. The SMILES string of the molecule is COC1NCC(c2nc3ccccc3o2)OC1Br. The Labute approximate surface area is 113 Å². The summed E-state index contributed by atoms with van der Waals surface area (Å²) < 4.78 is 16.7. The molecule has 0 spiro atoms. The summed E-state index contributed by atoms with van der Waals surface area (Å²) in [6.45, 7) is 0.605. The highest BCUT2D eigenvalue weighted by Gasteiger charge is 2.32. The number of para-hydroxylation sites is 2. The lowest BCUT2D eigenvalue weighted by Gasteiger charge is -2.31. The van der Waals surface area contributed by atoms with Crippen LogP contribution in [0.1, 0.15) is 12.0 Å². The quantitative estimate of drug-likeness (QED) is 0.861. The van der Waals surface area contributed by atoms with Crippen molar-refractivity contribution in [1.82, 2.24) is 10.3 Å². The van der Waals surface area contributed by atoms with Crippen LogP contribution in [0.3, 0.4) is 0 Å². The zero-order chi connectivity index (χ0) is 12.5. The van der Waals surface area contributed by atoms with Gasteiger partial charge in [0.2, 0.25) is 5.89 Å². The first kappa shape index (κ1) is 12.1. The molecule has 1 fully saturated rings. The topological polar surface area (TPSA) is 56.5 Å². The predicted octanol–water partition coefficient (Wildman–Crippen LogP) is 2.18. The van der Waals surface area contributed by atoms with E-state index in [0.29, 0.717) is 12.4 Å². The Morgan fingerprint density at radius 1 is 1.44 bits per heavy atom. The zero-order valence-corrected chi connectivity index (χ0v) is 11.4. The van der Waals surface area contributed by atoms with Gasteiger partial charge in [0.05, 0.1) is 0 Å². The van der Waals surface area contributed by atoms with Crippen molar-refractivity contribution in [2.24, 2.45) is 0 Å². The molecule has 18 heavy (non-hydrogen) atoms. The van der Waals surface area contributed by atoms with Crippen molar-refractivity contribution < 1.29 is 13.9 Å². The normalized spacial score (nSPS) is 28.7. The van der Waals surface area contributed by atoms with Gasteiger partial charge in [0.1, 0.15) is 17.8 Å². The fourth-order valence-corrected chi connectivity index (χ4v) is 2.62. The van der Waals surface area contributed by atoms with Crippen LogP contribution in [0.4, 0.5) is 0 Å². The van der Waals surface area contributed by atoms with Crippen LogP contribution in [-0.2, 0) is 9.47 Å². The summed E-state index contributed by atoms with van der Waals surface area (Å²) in [6, 6.07) is 7.67. The van der Waals surface area contributed by atoms with Crippen molar-refractivity contribution in [2.45, 2.75) is 17.3 Å². The number of rotatable bonds is 2. The number of hydrogen-bond acceptors (Lipinski definition) is 5. The van der Waals surface area contributed by atoms with E-state index in [0.717, 1.165) is 11.1 Å². The third-order valence-corrected chi connectivity index (χ3v) is 3.57. The first-order chi connectivity index (χ1) is 8.78. The van der Waals surface area contributed by atoms with Gasteiger partial charge in [-0.25, -0.2) is 4.98 Å². The molecule has 2 aromatic rings. The third kappa shape index (κ3) is 2.16. The Morgan fingerprint density at radius 2 is 2.28 bits per heavy atom. The zero-order valence-electron chi connectivity index (χ0n) is 9.80. The molecule has 0 bridgehead atoms.